The first-order chi connectivity index (χ1) is 15.2. The number of amides is 1. The number of rotatable bonds is 8. The summed E-state index contributed by atoms with van der Waals surface area (Å²) in [5.41, 5.74) is 4.83. The highest BCUT2D eigenvalue weighted by Gasteiger charge is 2.27. The molecule has 9 heteroatoms. The van der Waals surface area contributed by atoms with E-state index in [9.17, 15) is 13.2 Å². The maximum atomic E-state index is 13.3. The van der Waals surface area contributed by atoms with E-state index >= 15 is 0 Å². The van der Waals surface area contributed by atoms with Crippen LogP contribution < -0.4 is 5.43 Å². The van der Waals surface area contributed by atoms with E-state index < -0.39 is 22.5 Å². The van der Waals surface area contributed by atoms with Crippen LogP contribution in [0, 0.1) is 6.92 Å². The van der Waals surface area contributed by atoms with Crippen molar-refractivity contribution in [2.75, 3.05) is 6.54 Å². The molecule has 0 radical (unpaired) electrons. The molecular formula is C23H21BrClN3O3S. The summed E-state index contributed by atoms with van der Waals surface area (Å²) in [7, 11) is -3.92. The standard InChI is InChI=1S/C23H21BrClN3O3S/c1-17-2-12-22(13-3-17)32(30,31)28(15-19-6-10-21(25)11-7-19)16-23(29)27-26-14-18-4-8-20(24)9-5-18/h2-14H,15-16H2,1H3,(H,27,29). The highest BCUT2D eigenvalue weighted by atomic mass is 79.9. The third-order valence-corrected chi connectivity index (χ3v) is 7.11. The van der Waals surface area contributed by atoms with E-state index in [2.05, 4.69) is 26.5 Å². The van der Waals surface area contributed by atoms with Crippen molar-refractivity contribution in [2.45, 2.75) is 18.4 Å². The maximum Gasteiger partial charge on any atom is 0.255 e. The quantitative estimate of drug-likeness (QED) is 0.335. The zero-order chi connectivity index (χ0) is 23.1. The van der Waals surface area contributed by atoms with Crippen molar-refractivity contribution >= 4 is 49.7 Å². The lowest BCUT2D eigenvalue weighted by molar-refractivity contribution is -0.121. The number of nitrogens with zero attached hydrogens (tertiary/aromatic N) is 2. The summed E-state index contributed by atoms with van der Waals surface area (Å²) >= 11 is 9.29. The molecule has 32 heavy (non-hydrogen) atoms. The van der Waals surface area contributed by atoms with E-state index in [1.54, 1.807) is 36.4 Å². The highest BCUT2D eigenvalue weighted by Crippen LogP contribution is 2.20. The minimum atomic E-state index is -3.92. The van der Waals surface area contributed by atoms with Gasteiger partial charge in [-0.05, 0) is 54.4 Å². The lowest BCUT2D eigenvalue weighted by atomic mass is 10.2. The van der Waals surface area contributed by atoms with Gasteiger partial charge in [0, 0.05) is 16.0 Å². The zero-order valence-corrected chi connectivity index (χ0v) is 20.4. The van der Waals surface area contributed by atoms with Crippen LogP contribution in [0.5, 0.6) is 0 Å². The van der Waals surface area contributed by atoms with E-state index in [0.29, 0.717) is 10.6 Å². The van der Waals surface area contributed by atoms with E-state index in [4.69, 9.17) is 11.6 Å². The van der Waals surface area contributed by atoms with Crippen molar-refractivity contribution < 1.29 is 13.2 Å². The van der Waals surface area contributed by atoms with Crippen LogP contribution in [0.2, 0.25) is 5.02 Å². The molecule has 0 heterocycles. The Labute approximate surface area is 201 Å². The van der Waals surface area contributed by atoms with Crippen LogP contribution in [0.15, 0.2) is 87.3 Å². The van der Waals surface area contributed by atoms with Crippen LogP contribution in [-0.4, -0.2) is 31.4 Å². The largest absolute Gasteiger partial charge is 0.272 e. The van der Waals surface area contributed by atoms with Crippen LogP contribution in [-0.2, 0) is 21.4 Å². The fourth-order valence-corrected chi connectivity index (χ4v) is 4.58. The van der Waals surface area contributed by atoms with Crippen LogP contribution in [0.25, 0.3) is 0 Å². The molecule has 0 saturated heterocycles. The monoisotopic (exact) mass is 533 g/mol. The molecule has 0 aliphatic heterocycles. The third kappa shape index (κ3) is 6.74. The summed E-state index contributed by atoms with van der Waals surface area (Å²) in [6.07, 6.45) is 1.49. The summed E-state index contributed by atoms with van der Waals surface area (Å²) in [5, 5.41) is 4.47. The second-order valence-corrected chi connectivity index (χ2v) is 10.3. The van der Waals surface area contributed by atoms with Gasteiger partial charge in [-0.2, -0.15) is 9.41 Å². The number of carbonyl (C=O) groups is 1. The van der Waals surface area contributed by atoms with Crippen molar-refractivity contribution in [3.63, 3.8) is 0 Å². The lowest BCUT2D eigenvalue weighted by Gasteiger charge is -2.21. The average Bonchev–Trinajstić information content (AvgIpc) is 2.76. The maximum absolute atomic E-state index is 13.3. The molecule has 1 N–H and O–H groups in total. The van der Waals surface area contributed by atoms with E-state index in [1.165, 1.54) is 18.3 Å². The molecule has 6 nitrogen and oxygen atoms in total. The number of hydrogen-bond acceptors (Lipinski definition) is 4. The first-order valence-corrected chi connectivity index (χ1v) is 12.2. The summed E-state index contributed by atoms with van der Waals surface area (Å²) in [5.74, 6) is -0.553. The number of halogens is 2. The lowest BCUT2D eigenvalue weighted by Crippen LogP contribution is -2.39. The smallest absolute Gasteiger partial charge is 0.255 e. The molecule has 0 unspecified atom stereocenters. The van der Waals surface area contributed by atoms with E-state index in [0.717, 1.165) is 19.9 Å². The number of sulfonamides is 1. The second kappa shape index (κ2) is 10.9. The van der Waals surface area contributed by atoms with E-state index in [-0.39, 0.29) is 11.4 Å². The summed E-state index contributed by atoms with van der Waals surface area (Å²) < 4.78 is 28.6. The van der Waals surface area contributed by atoms with Crippen LogP contribution >= 0.6 is 27.5 Å². The number of hydrogen-bond donors (Lipinski definition) is 1. The number of hydrazone groups is 1. The fourth-order valence-electron chi connectivity index (χ4n) is 2.80. The van der Waals surface area contributed by atoms with E-state index in [1.807, 2.05) is 31.2 Å². The van der Waals surface area contributed by atoms with Gasteiger partial charge in [-0.25, -0.2) is 13.8 Å². The number of benzene rings is 3. The summed E-state index contributed by atoms with van der Waals surface area (Å²) in [6.45, 7) is 1.49. The van der Waals surface area contributed by atoms with Gasteiger partial charge in [-0.15, -0.1) is 0 Å². The molecule has 0 aliphatic rings. The highest BCUT2D eigenvalue weighted by molar-refractivity contribution is 9.10. The van der Waals surface area contributed by atoms with Crippen molar-refractivity contribution in [2.24, 2.45) is 5.10 Å². The average molecular weight is 535 g/mol. The SMILES string of the molecule is Cc1ccc(S(=O)(=O)N(CC(=O)NN=Cc2ccc(Br)cc2)Cc2ccc(Cl)cc2)cc1. The van der Waals surface area contributed by atoms with Gasteiger partial charge < -0.3 is 0 Å². The summed E-state index contributed by atoms with van der Waals surface area (Å²) in [6, 6.07) is 20.7. The van der Waals surface area contributed by atoms with Gasteiger partial charge in [0.1, 0.15) is 0 Å². The van der Waals surface area contributed by atoms with Gasteiger partial charge in [0.05, 0.1) is 17.7 Å². The van der Waals surface area contributed by atoms with Crippen molar-refractivity contribution in [3.8, 4) is 0 Å². The molecule has 3 aromatic carbocycles. The topological polar surface area (TPSA) is 78.8 Å². The molecule has 166 valence electrons. The fraction of sp³-hybridized carbons (Fsp3) is 0.130. The second-order valence-electron chi connectivity index (χ2n) is 7.06. The number of nitrogens with one attached hydrogen (secondary N) is 1. The predicted molar refractivity (Wildman–Crippen MR) is 130 cm³/mol. The van der Waals surface area contributed by atoms with Crippen molar-refractivity contribution in [1.82, 2.24) is 9.73 Å². The van der Waals surface area contributed by atoms with Gasteiger partial charge in [-0.3, -0.25) is 4.79 Å². The number of carbonyl (C=O) groups excluding carboxylic acids is 1. The Kier molecular flexibility index (Phi) is 8.20. The Bertz CT molecular complexity index is 1200. The molecule has 0 atom stereocenters. The molecule has 3 rings (SSSR count). The first-order valence-electron chi connectivity index (χ1n) is 9.63. The normalized spacial score (nSPS) is 11.8. The van der Waals surface area contributed by atoms with Crippen LogP contribution in [0.3, 0.4) is 0 Å². The minimum absolute atomic E-state index is 0.0111. The molecule has 0 bridgehead atoms. The molecule has 0 aromatic heterocycles. The Morgan fingerprint density at radius 1 is 1.03 bits per heavy atom. The Hall–Kier alpha value is -2.52. The number of aryl methyl sites for hydroxylation is 1. The zero-order valence-electron chi connectivity index (χ0n) is 17.2. The first kappa shape index (κ1) is 24.1. The van der Waals surface area contributed by atoms with Gasteiger partial charge in [0.15, 0.2) is 0 Å². The van der Waals surface area contributed by atoms with Gasteiger partial charge >= 0.3 is 0 Å². The molecule has 0 saturated carbocycles. The predicted octanol–water partition coefficient (Wildman–Crippen LogP) is 4.75. The van der Waals surface area contributed by atoms with Crippen LogP contribution in [0.1, 0.15) is 16.7 Å². The van der Waals surface area contributed by atoms with Crippen LogP contribution in [0.4, 0.5) is 0 Å². The minimum Gasteiger partial charge on any atom is -0.272 e. The van der Waals surface area contributed by atoms with Crippen molar-refractivity contribution in [1.29, 1.82) is 0 Å². The van der Waals surface area contributed by atoms with Gasteiger partial charge in [0.2, 0.25) is 10.0 Å². The Morgan fingerprint density at radius 3 is 2.28 bits per heavy atom. The molecule has 0 spiro atoms. The molecule has 0 aliphatic carbocycles. The third-order valence-electron chi connectivity index (χ3n) is 4.52. The van der Waals surface area contributed by atoms with Gasteiger partial charge in [0.25, 0.3) is 5.91 Å². The molecule has 0 fully saturated rings. The van der Waals surface area contributed by atoms with Gasteiger partial charge in [-0.1, -0.05) is 69.5 Å². The molecular weight excluding hydrogens is 514 g/mol. The molecule has 3 aromatic rings. The summed E-state index contributed by atoms with van der Waals surface area (Å²) in [4.78, 5) is 12.6. The Balaban J connectivity index is 1.78. The molecule has 1 amide bonds. The Morgan fingerprint density at radius 2 is 1.66 bits per heavy atom. The van der Waals surface area contributed by atoms with Crippen molar-refractivity contribution in [3.05, 3.63) is 99.0 Å².